The van der Waals surface area contributed by atoms with Crippen molar-refractivity contribution in [2.75, 3.05) is 12.3 Å². The van der Waals surface area contributed by atoms with Gasteiger partial charge < -0.3 is 5.32 Å². The van der Waals surface area contributed by atoms with E-state index in [1.165, 1.54) is 11.3 Å². The molecule has 94 valence electrons. The predicted octanol–water partition coefficient (Wildman–Crippen LogP) is 1.71. The maximum atomic E-state index is 11.3. The van der Waals surface area contributed by atoms with Crippen LogP contribution in [0.1, 0.15) is 18.0 Å². The van der Waals surface area contributed by atoms with Crippen LogP contribution in [0.4, 0.5) is 0 Å². The Kier molecular flexibility index (Phi) is 3.94. The van der Waals surface area contributed by atoms with Crippen molar-refractivity contribution in [1.29, 1.82) is 0 Å². The van der Waals surface area contributed by atoms with Gasteiger partial charge in [0.2, 0.25) is 10.0 Å². The minimum atomic E-state index is -3.58. The van der Waals surface area contributed by atoms with Gasteiger partial charge in [0.05, 0.1) is 4.21 Å². The molecule has 0 aliphatic carbocycles. The number of primary sulfonamides is 1. The van der Waals surface area contributed by atoms with Crippen molar-refractivity contribution in [3.63, 3.8) is 0 Å². The molecule has 1 aliphatic heterocycles. The Balaban J connectivity index is 2.31. The summed E-state index contributed by atoms with van der Waals surface area (Å²) >= 11 is 2.96. The number of thioether (sulfide) groups is 1. The van der Waals surface area contributed by atoms with E-state index < -0.39 is 10.0 Å². The van der Waals surface area contributed by atoms with E-state index in [9.17, 15) is 8.42 Å². The molecular formula is C10H14N2O2S3. The summed E-state index contributed by atoms with van der Waals surface area (Å²) in [5.74, 6) is 0.992. The van der Waals surface area contributed by atoms with Crippen LogP contribution in [0.5, 0.6) is 0 Å². The molecule has 0 amide bonds. The molecule has 1 aromatic heterocycles. The van der Waals surface area contributed by atoms with Gasteiger partial charge in [0, 0.05) is 18.3 Å². The average molecular weight is 290 g/mol. The third-order valence-corrected chi connectivity index (χ3v) is 6.41. The Bertz CT molecular complexity index is 522. The molecule has 2 heterocycles. The number of fused-ring (bicyclic) bond motifs is 1. The molecule has 4 nitrogen and oxygen atoms in total. The molecule has 1 aromatic rings. The second-order valence-electron chi connectivity index (χ2n) is 3.74. The van der Waals surface area contributed by atoms with Gasteiger partial charge in [-0.1, -0.05) is 6.08 Å². The Hall–Kier alpha value is -0.340. The first kappa shape index (κ1) is 13.1. The Morgan fingerprint density at radius 3 is 3.06 bits per heavy atom. The molecule has 0 radical (unpaired) electrons. The molecule has 0 fully saturated rings. The smallest absolute Gasteiger partial charge is 0.247 e. The zero-order valence-corrected chi connectivity index (χ0v) is 11.6. The molecule has 7 heteroatoms. The summed E-state index contributed by atoms with van der Waals surface area (Å²) in [4.78, 5) is 0. The Labute approximate surface area is 109 Å². The fraction of sp³-hybridized carbons (Fsp3) is 0.400. The number of nitrogens with one attached hydrogen (secondary N) is 1. The molecule has 0 saturated heterocycles. The van der Waals surface area contributed by atoms with Gasteiger partial charge in [-0.25, -0.2) is 13.6 Å². The van der Waals surface area contributed by atoms with Crippen LogP contribution < -0.4 is 10.5 Å². The minimum absolute atomic E-state index is 0.205. The van der Waals surface area contributed by atoms with Crippen LogP contribution in [-0.4, -0.2) is 20.7 Å². The minimum Gasteiger partial charge on any atom is -0.306 e. The lowest BCUT2D eigenvalue weighted by molar-refractivity contribution is 0.544. The van der Waals surface area contributed by atoms with E-state index in [0.29, 0.717) is 0 Å². The number of nitrogens with two attached hydrogens (primary N) is 1. The molecule has 1 aliphatic rings. The fourth-order valence-electron chi connectivity index (χ4n) is 1.72. The van der Waals surface area contributed by atoms with E-state index in [1.54, 1.807) is 23.9 Å². The predicted molar refractivity (Wildman–Crippen MR) is 72.0 cm³/mol. The summed E-state index contributed by atoms with van der Waals surface area (Å²) in [6, 6.07) is 1.90. The van der Waals surface area contributed by atoms with Crippen LogP contribution in [0.2, 0.25) is 0 Å². The molecule has 2 rings (SSSR count). The van der Waals surface area contributed by atoms with E-state index in [-0.39, 0.29) is 10.3 Å². The summed E-state index contributed by atoms with van der Waals surface area (Å²) in [7, 11) is -3.58. The van der Waals surface area contributed by atoms with E-state index in [1.807, 2.05) is 0 Å². The first-order chi connectivity index (χ1) is 8.02. The molecule has 0 saturated carbocycles. The standard InChI is InChI=1S/C10H14N2O2S3/c1-2-4-12-8-3-5-15-10-7(8)6-9(16-10)17(11,13)14/h2,6,8,12H,1,3-5H2,(H2,11,13,14). The Morgan fingerprint density at radius 1 is 1.65 bits per heavy atom. The van der Waals surface area contributed by atoms with Crippen LogP contribution in [0.15, 0.2) is 27.1 Å². The second kappa shape index (κ2) is 5.11. The molecule has 17 heavy (non-hydrogen) atoms. The van der Waals surface area contributed by atoms with Crippen molar-refractivity contribution in [2.24, 2.45) is 5.14 Å². The third-order valence-electron chi connectivity index (χ3n) is 2.51. The highest BCUT2D eigenvalue weighted by atomic mass is 32.3. The maximum absolute atomic E-state index is 11.3. The zero-order valence-electron chi connectivity index (χ0n) is 9.18. The van der Waals surface area contributed by atoms with Gasteiger partial charge in [0.25, 0.3) is 0 Å². The van der Waals surface area contributed by atoms with Gasteiger partial charge in [-0.15, -0.1) is 29.7 Å². The first-order valence-corrected chi connectivity index (χ1v) is 8.51. The van der Waals surface area contributed by atoms with Gasteiger partial charge in [0.1, 0.15) is 4.21 Å². The van der Waals surface area contributed by atoms with Crippen molar-refractivity contribution in [2.45, 2.75) is 20.9 Å². The maximum Gasteiger partial charge on any atom is 0.247 e. The molecule has 3 N–H and O–H groups in total. The monoisotopic (exact) mass is 290 g/mol. The van der Waals surface area contributed by atoms with E-state index >= 15 is 0 Å². The number of sulfonamides is 1. The fourth-order valence-corrected chi connectivity index (χ4v) is 5.24. The highest BCUT2D eigenvalue weighted by Crippen LogP contribution is 2.42. The topological polar surface area (TPSA) is 72.2 Å². The third kappa shape index (κ3) is 2.92. The Morgan fingerprint density at radius 2 is 2.41 bits per heavy atom. The normalized spacial score (nSPS) is 19.9. The molecule has 0 bridgehead atoms. The summed E-state index contributed by atoms with van der Waals surface area (Å²) in [6.07, 6.45) is 2.79. The van der Waals surface area contributed by atoms with E-state index in [4.69, 9.17) is 5.14 Å². The highest BCUT2D eigenvalue weighted by Gasteiger charge is 2.25. The quantitative estimate of drug-likeness (QED) is 0.828. The zero-order chi connectivity index (χ0) is 12.5. The largest absolute Gasteiger partial charge is 0.306 e. The summed E-state index contributed by atoms with van der Waals surface area (Å²) in [5.41, 5.74) is 1.05. The van der Waals surface area contributed by atoms with Gasteiger partial charge in [-0.3, -0.25) is 0 Å². The van der Waals surface area contributed by atoms with Gasteiger partial charge >= 0.3 is 0 Å². The van der Waals surface area contributed by atoms with Crippen LogP contribution in [0.25, 0.3) is 0 Å². The lowest BCUT2D eigenvalue weighted by Crippen LogP contribution is -2.23. The van der Waals surface area contributed by atoms with Gasteiger partial charge in [-0.2, -0.15) is 0 Å². The van der Waals surface area contributed by atoms with Gasteiger partial charge in [0.15, 0.2) is 0 Å². The van der Waals surface area contributed by atoms with Crippen LogP contribution >= 0.6 is 23.1 Å². The van der Waals surface area contributed by atoms with Crippen LogP contribution in [-0.2, 0) is 10.0 Å². The number of rotatable bonds is 4. The van der Waals surface area contributed by atoms with Crippen molar-refractivity contribution in [3.05, 3.63) is 24.3 Å². The lowest BCUT2D eigenvalue weighted by atomic mass is 10.1. The molecule has 0 spiro atoms. The number of thiophene rings is 1. The van der Waals surface area contributed by atoms with Crippen molar-refractivity contribution in [1.82, 2.24) is 5.32 Å². The van der Waals surface area contributed by atoms with E-state index in [0.717, 1.165) is 28.5 Å². The average Bonchev–Trinajstić information content (AvgIpc) is 2.70. The van der Waals surface area contributed by atoms with E-state index in [2.05, 4.69) is 11.9 Å². The lowest BCUT2D eigenvalue weighted by Gasteiger charge is -2.22. The van der Waals surface area contributed by atoms with Gasteiger partial charge in [-0.05, 0) is 18.1 Å². The summed E-state index contributed by atoms with van der Waals surface area (Å²) < 4.78 is 23.9. The SMILES string of the molecule is C=CCNC1CCSc2sc(S(N)(=O)=O)cc21. The van der Waals surface area contributed by atoms with Crippen molar-refractivity contribution < 1.29 is 8.42 Å². The summed E-state index contributed by atoms with van der Waals surface area (Å²) in [6.45, 7) is 4.38. The van der Waals surface area contributed by atoms with Crippen molar-refractivity contribution in [3.8, 4) is 0 Å². The second-order valence-corrected chi connectivity index (χ2v) is 7.94. The summed E-state index contributed by atoms with van der Waals surface area (Å²) in [5, 5.41) is 8.48. The van der Waals surface area contributed by atoms with Crippen LogP contribution in [0, 0.1) is 0 Å². The highest BCUT2D eigenvalue weighted by molar-refractivity contribution is 8.01. The molecule has 1 unspecified atom stereocenters. The molecular weight excluding hydrogens is 276 g/mol. The first-order valence-electron chi connectivity index (χ1n) is 5.16. The number of hydrogen-bond acceptors (Lipinski definition) is 5. The van der Waals surface area contributed by atoms with Crippen molar-refractivity contribution >= 4 is 33.1 Å². The molecule has 0 aromatic carbocycles. The number of hydrogen-bond donors (Lipinski definition) is 2. The molecule has 1 atom stereocenters. The van der Waals surface area contributed by atoms with Crippen LogP contribution in [0.3, 0.4) is 0 Å².